The molecule has 0 saturated carbocycles. The van der Waals surface area contributed by atoms with Crippen LogP contribution in [0.15, 0.2) is 38.7 Å². The second kappa shape index (κ2) is 6.75. The number of carbonyl (C=O) groups excluding carboxylic acids is 3. The van der Waals surface area contributed by atoms with Crippen LogP contribution in [-0.4, -0.2) is 17.8 Å². The molecule has 0 bridgehead atoms. The number of halogens is 2. The van der Waals surface area contributed by atoms with Crippen LogP contribution in [0, 0.1) is 17.6 Å². The van der Waals surface area contributed by atoms with E-state index in [-0.39, 0.29) is 5.57 Å². The zero-order chi connectivity index (χ0) is 18.3. The molecule has 1 N–H and O–H groups in total. The molecule has 2 heterocycles. The van der Waals surface area contributed by atoms with E-state index in [1.165, 1.54) is 6.08 Å². The number of carbonyl (C=O) groups is 3. The van der Waals surface area contributed by atoms with Crippen molar-refractivity contribution in [1.29, 1.82) is 0 Å². The SMILES string of the molecule is Cc1cc(C)cc(N2C(=O)NC(=O)/C(=C\c3cc(Br)c(I)o3)C2=O)c1. The largest absolute Gasteiger partial charge is 0.450 e. The van der Waals surface area contributed by atoms with Crippen molar-refractivity contribution in [3.05, 3.63) is 55.0 Å². The number of nitrogens with one attached hydrogen (secondary N) is 1. The Labute approximate surface area is 165 Å². The Morgan fingerprint density at radius 1 is 1.12 bits per heavy atom. The van der Waals surface area contributed by atoms with Crippen molar-refractivity contribution in [1.82, 2.24) is 5.32 Å². The zero-order valence-electron chi connectivity index (χ0n) is 13.2. The maximum atomic E-state index is 12.8. The average molecular weight is 515 g/mol. The first kappa shape index (κ1) is 17.9. The fraction of sp³-hybridized carbons (Fsp3) is 0.118. The summed E-state index contributed by atoms with van der Waals surface area (Å²) in [5.74, 6) is -1.11. The third kappa shape index (κ3) is 3.54. The Bertz CT molecular complexity index is 908. The number of hydrogen-bond donors (Lipinski definition) is 1. The highest BCUT2D eigenvalue weighted by Gasteiger charge is 2.37. The number of aryl methyl sites for hydroxylation is 2. The third-order valence-electron chi connectivity index (χ3n) is 3.52. The number of rotatable bonds is 2. The van der Waals surface area contributed by atoms with E-state index >= 15 is 0 Å². The molecule has 4 amide bonds. The first-order valence-electron chi connectivity index (χ1n) is 7.21. The van der Waals surface area contributed by atoms with Gasteiger partial charge >= 0.3 is 6.03 Å². The molecule has 1 aliphatic rings. The van der Waals surface area contributed by atoms with Crippen LogP contribution in [0.4, 0.5) is 10.5 Å². The molecule has 0 unspecified atom stereocenters. The highest BCUT2D eigenvalue weighted by atomic mass is 127. The molecule has 1 aliphatic heterocycles. The summed E-state index contributed by atoms with van der Waals surface area (Å²) in [6.07, 6.45) is 1.33. The Balaban J connectivity index is 2.05. The van der Waals surface area contributed by atoms with Gasteiger partial charge in [-0.15, -0.1) is 0 Å². The lowest BCUT2D eigenvalue weighted by Gasteiger charge is -2.26. The number of anilines is 1. The highest BCUT2D eigenvalue weighted by molar-refractivity contribution is 14.1. The van der Waals surface area contributed by atoms with Gasteiger partial charge in [-0.2, -0.15) is 0 Å². The fourth-order valence-electron chi connectivity index (χ4n) is 2.55. The van der Waals surface area contributed by atoms with E-state index in [1.807, 2.05) is 42.5 Å². The van der Waals surface area contributed by atoms with E-state index in [4.69, 9.17) is 4.42 Å². The lowest BCUT2D eigenvalue weighted by molar-refractivity contribution is -0.122. The summed E-state index contributed by atoms with van der Waals surface area (Å²) in [4.78, 5) is 38.1. The number of hydrogen-bond acceptors (Lipinski definition) is 4. The monoisotopic (exact) mass is 514 g/mol. The number of nitrogens with zero attached hydrogens (tertiary/aromatic N) is 1. The minimum atomic E-state index is -0.771. The van der Waals surface area contributed by atoms with Crippen molar-refractivity contribution in [2.45, 2.75) is 13.8 Å². The molecule has 1 aromatic heterocycles. The quantitative estimate of drug-likeness (QED) is 0.374. The zero-order valence-corrected chi connectivity index (χ0v) is 17.0. The maximum Gasteiger partial charge on any atom is 0.335 e. The molecule has 1 saturated heterocycles. The van der Waals surface area contributed by atoms with Crippen LogP contribution in [0.5, 0.6) is 0 Å². The Kier molecular flexibility index (Phi) is 4.83. The minimum absolute atomic E-state index is 0.170. The van der Waals surface area contributed by atoms with Gasteiger partial charge in [-0.1, -0.05) is 6.07 Å². The Morgan fingerprint density at radius 2 is 1.76 bits per heavy atom. The molecule has 0 atom stereocenters. The summed E-state index contributed by atoms with van der Waals surface area (Å²) in [6, 6.07) is 6.23. The summed E-state index contributed by atoms with van der Waals surface area (Å²) in [7, 11) is 0. The van der Waals surface area contributed by atoms with Crippen LogP contribution in [-0.2, 0) is 9.59 Å². The number of amides is 4. The molecular formula is C17H12BrIN2O4. The molecule has 0 radical (unpaired) electrons. The molecule has 6 nitrogen and oxygen atoms in total. The Hall–Kier alpha value is -1.94. The second-order valence-electron chi connectivity index (χ2n) is 5.57. The molecular weight excluding hydrogens is 503 g/mol. The first-order chi connectivity index (χ1) is 11.8. The van der Waals surface area contributed by atoms with Gasteiger partial charge in [0.05, 0.1) is 10.2 Å². The predicted octanol–water partition coefficient (Wildman–Crippen LogP) is 3.93. The van der Waals surface area contributed by atoms with Crippen molar-refractivity contribution in [2.24, 2.45) is 0 Å². The van der Waals surface area contributed by atoms with Crippen molar-refractivity contribution >= 4 is 68.1 Å². The normalized spacial score (nSPS) is 16.6. The van der Waals surface area contributed by atoms with Crippen LogP contribution in [0.3, 0.4) is 0 Å². The van der Waals surface area contributed by atoms with Gasteiger partial charge in [0.1, 0.15) is 11.3 Å². The van der Waals surface area contributed by atoms with E-state index in [0.717, 1.165) is 16.0 Å². The van der Waals surface area contributed by atoms with Gasteiger partial charge in [0.2, 0.25) is 0 Å². The predicted molar refractivity (Wildman–Crippen MR) is 104 cm³/mol. The second-order valence-corrected chi connectivity index (χ2v) is 7.41. The molecule has 3 rings (SSSR count). The smallest absolute Gasteiger partial charge is 0.335 e. The molecule has 25 heavy (non-hydrogen) atoms. The summed E-state index contributed by atoms with van der Waals surface area (Å²) in [5.41, 5.74) is 2.05. The summed E-state index contributed by atoms with van der Waals surface area (Å²) in [6.45, 7) is 3.74. The van der Waals surface area contributed by atoms with E-state index in [2.05, 4.69) is 21.2 Å². The van der Waals surface area contributed by atoms with Gasteiger partial charge in [-0.25, -0.2) is 9.69 Å². The van der Waals surface area contributed by atoms with Gasteiger partial charge in [-0.05, 0) is 65.2 Å². The number of furan rings is 1. The fourth-order valence-corrected chi connectivity index (χ4v) is 3.26. The van der Waals surface area contributed by atoms with Crippen LogP contribution in [0.25, 0.3) is 6.08 Å². The summed E-state index contributed by atoms with van der Waals surface area (Å²) >= 11 is 5.29. The van der Waals surface area contributed by atoms with Gasteiger partial charge in [0.25, 0.3) is 11.8 Å². The summed E-state index contributed by atoms with van der Waals surface area (Å²) < 4.78 is 6.75. The highest BCUT2D eigenvalue weighted by Crippen LogP contribution is 2.27. The van der Waals surface area contributed by atoms with Gasteiger partial charge < -0.3 is 4.42 Å². The number of urea groups is 1. The summed E-state index contributed by atoms with van der Waals surface area (Å²) in [5, 5.41) is 2.19. The topological polar surface area (TPSA) is 79.6 Å². The van der Waals surface area contributed by atoms with Crippen molar-refractivity contribution < 1.29 is 18.8 Å². The van der Waals surface area contributed by atoms with Crippen molar-refractivity contribution in [3.8, 4) is 0 Å². The van der Waals surface area contributed by atoms with Crippen LogP contribution >= 0.6 is 38.5 Å². The maximum absolute atomic E-state index is 12.8. The molecule has 2 aromatic rings. The first-order valence-corrected chi connectivity index (χ1v) is 9.08. The Morgan fingerprint density at radius 3 is 2.32 bits per heavy atom. The van der Waals surface area contributed by atoms with E-state index < -0.39 is 17.8 Å². The van der Waals surface area contributed by atoms with Crippen LogP contribution in [0.2, 0.25) is 0 Å². The third-order valence-corrected chi connectivity index (χ3v) is 5.65. The number of barbiturate groups is 1. The van der Waals surface area contributed by atoms with Gasteiger partial charge in [0, 0.05) is 22.6 Å². The molecule has 0 aliphatic carbocycles. The lowest BCUT2D eigenvalue weighted by Crippen LogP contribution is -2.54. The average Bonchev–Trinajstić information content (AvgIpc) is 2.80. The molecule has 128 valence electrons. The van der Waals surface area contributed by atoms with Crippen molar-refractivity contribution in [2.75, 3.05) is 4.90 Å². The van der Waals surface area contributed by atoms with Gasteiger partial charge in [0.15, 0.2) is 3.77 Å². The van der Waals surface area contributed by atoms with Crippen LogP contribution in [0.1, 0.15) is 16.9 Å². The minimum Gasteiger partial charge on any atom is -0.450 e. The molecule has 1 aromatic carbocycles. The van der Waals surface area contributed by atoms with Crippen molar-refractivity contribution in [3.63, 3.8) is 0 Å². The number of imide groups is 2. The van der Waals surface area contributed by atoms with E-state index in [1.54, 1.807) is 18.2 Å². The lowest BCUT2D eigenvalue weighted by atomic mass is 10.1. The number of benzene rings is 1. The van der Waals surface area contributed by atoms with Gasteiger partial charge in [-0.3, -0.25) is 14.9 Å². The van der Waals surface area contributed by atoms with E-state index in [9.17, 15) is 14.4 Å². The van der Waals surface area contributed by atoms with E-state index in [0.29, 0.717) is 19.7 Å². The molecule has 8 heteroatoms. The van der Waals surface area contributed by atoms with Crippen LogP contribution < -0.4 is 10.2 Å². The standard InChI is InChI=1S/C17H12BrIN2O4/c1-8-3-9(2)5-10(4-8)21-16(23)12(15(22)20-17(21)24)6-11-7-13(18)14(19)25-11/h3-7H,1-2H3,(H,20,22,24)/b12-6+. The molecule has 0 spiro atoms. The molecule has 1 fully saturated rings.